The van der Waals surface area contributed by atoms with Crippen LogP contribution in [0, 0.1) is 18.8 Å². The third kappa shape index (κ3) is 8.74. The normalized spacial score (nSPS) is 27.0. The van der Waals surface area contributed by atoms with Crippen LogP contribution in [-0.2, 0) is 39.2 Å². The second kappa shape index (κ2) is 16.1. The van der Waals surface area contributed by atoms with Gasteiger partial charge in [-0.15, -0.1) is 0 Å². The molecule has 4 N–H and O–H groups in total. The lowest BCUT2D eigenvalue weighted by Gasteiger charge is -2.43. The molecule has 23 heteroatoms. The van der Waals surface area contributed by atoms with Gasteiger partial charge in [-0.25, -0.2) is 18.3 Å². The van der Waals surface area contributed by atoms with Crippen LogP contribution in [0.5, 0.6) is 0 Å². The summed E-state index contributed by atoms with van der Waals surface area (Å²) in [6.45, 7) is 20.3. The summed E-state index contributed by atoms with van der Waals surface area (Å²) in [5.74, 6) is 5.29. The van der Waals surface area contributed by atoms with Crippen LogP contribution >= 0.6 is 0 Å². The van der Waals surface area contributed by atoms with Gasteiger partial charge in [0.2, 0.25) is 0 Å². The van der Waals surface area contributed by atoms with Gasteiger partial charge < -0.3 is 29.2 Å². The van der Waals surface area contributed by atoms with E-state index in [4.69, 9.17) is 33.8 Å². The highest BCUT2D eigenvalue weighted by Crippen LogP contribution is 2.52. The largest absolute Gasteiger partial charge is 0.414 e. The van der Waals surface area contributed by atoms with E-state index in [0.29, 0.717) is 0 Å². The Morgan fingerprint density at radius 2 is 1.71 bits per heavy atom. The van der Waals surface area contributed by atoms with Gasteiger partial charge in [0.15, 0.2) is 28.5 Å². The smallest absolute Gasteiger partial charge is 0.334 e. The van der Waals surface area contributed by atoms with Crippen LogP contribution in [0.2, 0.25) is 36.3 Å². The third-order valence-electron chi connectivity index (χ3n) is 12.0. The Hall–Kier alpha value is -4.09. The molecule has 59 heavy (non-hydrogen) atoms. The van der Waals surface area contributed by atoms with Crippen LogP contribution < -0.4 is 28.2 Å². The highest BCUT2D eigenvalue weighted by atomic mass is 32.2. The predicted octanol–water partition coefficient (Wildman–Crippen LogP) is 2.39. The van der Waals surface area contributed by atoms with E-state index in [1.54, 1.807) is 0 Å². The minimum absolute atomic E-state index is 0.0265. The number of H-pyrrole nitrogens is 1. The molecule has 0 radical (unpaired) electrons. The quantitative estimate of drug-likeness (QED) is 0.0774. The molecule has 0 saturated carbocycles. The number of ether oxygens (including phenoxy) is 2. The van der Waals surface area contributed by atoms with Crippen molar-refractivity contribution in [2.75, 3.05) is 13.2 Å². The second-order valence-corrected chi connectivity index (χ2v) is 29.0. The van der Waals surface area contributed by atoms with Crippen LogP contribution in [0.4, 0.5) is 0 Å². The number of aromatic nitrogens is 4. The fourth-order valence-electron chi connectivity index (χ4n) is 6.53. The van der Waals surface area contributed by atoms with Crippen LogP contribution in [-0.4, -0.2) is 92.0 Å². The van der Waals surface area contributed by atoms with Gasteiger partial charge in [0.1, 0.15) is 24.0 Å². The number of nitrogens with two attached hydrogens (primary N) is 1. The zero-order chi connectivity index (χ0) is 44.3. The number of aliphatic hydroxyl groups is 1. The maximum atomic E-state index is 14.4. The van der Waals surface area contributed by atoms with Gasteiger partial charge in [0, 0.05) is 29.3 Å². The van der Waals surface area contributed by atoms with Gasteiger partial charge in [-0.05, 0) is 48.7 Å². The van der Waals surface area contributed by atoms with Crippen molar-refractivity contribution in [1.29, 1.82) is 0 Å². The van der Waals surface area contributed by atoms with Crippen molar-refractivity contribution in [2.45, 2.75) is 140 Å². The standard InChI is InChI=1S/C36H54N8O12SSi2/c1-21-16-44(33(49)42(30(21)47)14-12-13-22-17-43(32(48)39-29(22)46)27-15-23(40-41-38)24(18-45)53-27)31-28(55-59(10,11)35(5,6)7)36(25(37)20-57(50,51)56-36)26(54-31)19-52-58(8,9)34(2,3)4/h16-17,20,23-24,26-28,31,45H,14-15,18-19,37H2,1-11H3,(H,39,46,48). The number of nitrogens with zero attached hydrogens (tertiary/aromatic N) is 6. The molecule has 0 aliphatic carbocycles. The first kappa shape index (κ1) is 46.0. The van der Waals surface area contributed by atoms with Crippen molar-refractivity contribution in [3.8, 4) is 11.8 Å². The van der Waals surface area contributed by atoms with Gasteiger partial charge >= 0.3 is 11.4 Å². The molecule has 2 saturated heterocycles. The molecule has 5 rings (SSSR count). The molecule has 1 spiro atoms. The Kier molecular flexibility index (Phi) is 12.5. The average Bonchev–Trinajstić information content (AvgIpc) is 3.73. The summed E-state index contributed by atoms with van der Waals surface area (Å²) < 4.78 is 61.1. The molecule has 2 aromatic heterocycles. The number of nitrogens with one attached hydrogen (secondary N) is 1. The lowest BCUT2D eigenvalue weighted by Crippen LogP contribution is -2.59. The first-order valence-corrected chi connectivity index (χ1v) is 26.3. The summed E-state index contributed by atoms with van der Waals surface area (Å²) in [6, 6.07) is -0.776. The molecule has 0 bridgehead atoms. The number of aliphatic hydroxyl groups excluding tert-OH is 1. The van der Waals surface area contributed by atoms with E-state index in [1.807, 2.05) is 67.7 Å². The van der Waals surface area contributed by atoms with Crippen LogP contribution in [0.25, 0.3) is 10.4 Å². The summed E-state index contributed by atoms with van der Waals surface area (Å²) in [7, 11) is -9.70. The number of rotatable bonds is 10. The van der Waals surface area contributed by atoms with Gasteiger partial charge in [0.05, 0.1) is 43.0 Å². The van der Waals surface area contributed by atoms with Crippen LogP contribution in [0.15, 0.2) is 47.8 Å². The van der Waals surface area contributed by atoms with Crippen LogP contribution in [0.1, 0.15) is 71.5 Å². The predicted molar refractivity (Wildman–Crippen MR) is 221 cm³/mol. The highest BCUT2D eigenvalue weighted by Gasteiger charge is 2.67. The molecule has 324 valence electrons. The van der Waals surface area contributed by atoms with Crippen molar-refractivity contribution in [2.24, 2.45) is 10.8 Å². The Labute approximate surface area is 343 Å². The summed E-state index contributed by atoms with van der Waals surface area (Å²) in [5, 5.41) is 13.4. The van der Waals surface area contributed by atoms with Gasteiger partial charge in [-0.3, -0.25) is 23.7 Å². The molecule has 5 heterocycles. The van der Waals surface area contributed by atoms with E-state index in [2.05, 4.69) is 26.9 Å². The minimum atomic E-state index is -4.35. The molecular formula is C36H54N8O12SSi2. The number of hydrogen-bond acceptors (Lipinski definition) is 14. The lowest BCUT2D eigenvalue weighted by atomic mass is 9.89. The highest BCUT2D eigenvalue weighted by molar-refractivity contribution is 7.90. The minimum Gasteiger partial charge on any atom is -0.414 e. The third-order valence-corrected chi connectivity index (χ3v) is 22.0. The SMILES string of the molecule is Cc1cn(C2OC(CO[Si](C)(C)C(C)(C)C)C3(OS(=O)(=O)C=C3N)C2O[Si](C)(C)C(C)(C)C)c(=O)n(CC#Cc2cn(C3CC(N=[N+]=[N-])C(CO)O3)c(=O)[nH]c2=O)c1=O. The fraction of sp³-hybridized carbons (Fsp3) is 0.667. The molecule has 0 amide bonds. The molecule has 20 nitrogen and oxygen atoms in total. The lowest BCUT2D eigenvalue weighted by molar-refractivity contribution is -0.0567. The topological polar surface area (TPSA) is 274 Å². The Morgan fingerprint density at radius 3 is 2.27 bits per heavy atom. The maximum absolute atomic E-state index is 14.4. The molecule has 2 aromatic rings. The fourth-order valence-corrected chi connectivity index (χ4v) is 10.0. The molecular weight excluding hydrogens is 825 g/mol. The van der Waals surface area contributed by atoms with E-state index >= 15 is 0 Å². The van der Waals surface area contributed by atoms with Crippen molar-refractivity contribution >= 4 is 26.8 Å². The van der Waals surface area contributed by atoms with E-state index < -0.39 is 110 Å². The zero-order valence-corrected chi connectivity index (χ0v) is 37.9. The van der Waals surface area contributed by atoms with Gasteiger partial charge in [-0.2, -0.15) is 8.42 Å². The van der Waals surface area contributed by atoms with E-state index in [1.165, 1.54) is 13.1 Å². The van der Waals surface area contributed by atoms with Crippen LogP contribution in [0.3, 0.4) is 0 Å². The van der Waals surface area contributed by atoms with Gasteiger partial charge in [0.25, 0.3) is 21.2 Å². The van der Waals surface area contributed by atoms with E-state index in [0.717, 1.165) is 25.3 Å². The maximum Gasteiger partial charge on any atom is 0.334 e. The Morgan fingerprint density at radius 1 is 1.07 bits per heavy atom. The van der Waals surface area contributed by atoms with Crippen molar-refractivity contribution in [3.05, 3.63) is 86.7 Å². The summed E-state index contributed by atoms with van der Waals surface area (Å²) >= 11 is 0. The summed E-state index contributed by atoms with van der Waals surface area (Å²) in [5.41, 5.74) is 9.93. The average molecular weight is 879 g/mol. The Balaban J connectivity index is 1.60. The zero-order valence-electron chi connectivity index (χ0n) is 35.1. The molecule has 7 unspecified atom stereocenters. The number of azide groups is 1. The van der Waals surface area contributed by atoms with E-state index in [-0.39, 0.29) is 34.9 Å². The Bertz CT molecular complexity index is 2480. The molecule has 0 aromatic carbocycles. The number of hydrogen-bond donors (Lipinski definition) is 3. The van der Waals surface area contributed by atoms with E-state index in [9.17, 15) is 32.7 Å². The molecule has 3 aliphatic rings. The summed E-state index contributed by atoms with van der Waals surface area (Å²) in [6.07, 6.45) is -3.36. The van der Waals surface area contributed by atoms with Crippen molar-refractivity contribution in [1.82, 2.24) is 18.7 Å². The second-order valence-electron chi connectivity index (χ2n) is 18.1. The first-order valence-electron chi connectivity index (χ1n) is 19.0. The van der Waals surface area contributed by atoms with Gasteiger partial charge in [-0.1, -0.05) is 58.5 Å². The summed E-state index contributed by atoms with van der Waals surface area (Å²) in [4.78, 5) is 58.5. The molecule has 7 atom stereocenters. The molecule has 3 aliphatic heterocycles. The first-order chi connectivity index (χ1) is 27.1. The monoisotopic (exact) mass is 878 g/mol. The van der Waals surface area contributed by atoms with Crippen molar-refractivity contribution in [3.63, 3.8) is 0 Å². The number of aryl methyl sites for hydroxylation is 1. The van der Waals surface area contributed by atoms with Crippen molar-refractivity contribution < 1.29 is 36.0 Å². The molecule has 2 fully saturated rings. The number of aromatic amines is 1.